The zero-order valence-electron chi connectivity index (χ0n) is 10.5. The van der Waals surface area contributed by atoms with Gasteiger partial charge in [-0.3, -0.25) is 0 Å². The number of hydrogen-bond donors (Lipinski definition) is 2. The fourth-order valence-corrected chi connectivity index (χ4v) is 3.37. The monoisotopic (exact) mass is 375 g/mol. The number of nitrogens with zero attached hydrogens (tertiary/aromatic N) is 3. The molecule has 1 aliphatic rings. The number of aryl methyl sites for hydroxylation is 1. The Morgan fingerprint density at radius 3 is 2.68 bits per heavy atom. The van der Waals surface area contributed by atoms with Gasteiger partial charge in [0, 0.05) is 9.77 Å². The molecule has 2 aromatic rings. The highest BCUT2D eigenvalue weighted by atomic mass is 127. The van der Waals surface area contributed by atoms with Crippen molar-refractivity contribution in [2.75, 3.05) is 0 Å². The summed E-state index contributed by atoms with van der Waals surface area (Å²) >= 11 is 2.21. The minimum Gasteiger partial charge on any atom is -0.388 e. The molecule has 0 bridgehead atoms. The lowest BCUT2D eigenvalue weighted by Gasteiger charge is -2.17. The van der Waals surface area contributed by atoms with Crippen molar-refractivity contribution < 1.29 is 14.9 Å². The first-order valence-corrected chi connectivity index (χ1v) is 7.08. The maximum Gasteiger partial charge on any atom is 0.164 e. The van der Waals surface area contributed by atoms with Crippen LogP contribution in [0, 0.1) is 10.5 Å². The Labute approximate surface area is 123 Å². The zero-order valence-corrected chi connectivity index (χ0v) is 12.6. The van der Waals surface area contributed by atoms with Gasteiger partial charge >= 0.3 is 0 Å². The van der Waals surface area contributed by atoms with Crippen LogP contribution < -0.4 is 0 Å². The smallest absolute Gasteiger partial charge is 0.164 e. The largest absolute Gasteiger partial charge is 0.388 e. The van der Waals surface area contributed by atoms with Gasteiger partial charge in [0.1, 0.15) is 24.2 Å². The number of hydrogen-bond acceptors (Lipinski definition) is 5. The molecule has 2 N–H and O–H groups in total. The van der Waals surface area contributed by atoms with E-state index in [1.54, 1.807) is 11.5 Å². The lowest BCUT2D eigenvalue weighted by Crippen LogP contribution is -2.30. The molecule has 0 spiro atoms. The lowest BCUT2D eigenvalue weighted by molar-refractivity contribution is -0.0297. The molecule has 1 aliphatic heterocycles. The van der Waals surface area contributed by atoms with E-state index in [1.165, 1.54) is 6.33 Å². The second kappa shape index (κ2) is 4.65. The molecule has 0 radical (unpaired) electrons. The van der Waals surface area contributed by atoms with Crippen molar-refractivity contribution in [2.24, 2.45) is 0 Å². The van der Waals surface area contributed by atoms with E-state index in [0.29, 0.717) is 5.65 Å². The van der Waals surface area contributed by atoms with Crippen LogP contribution in [0.4, 0.5) is 0 Å². The molecular formula is C12H14IN3O3. The van der Waals surface area contributed by atoms with Gasteiger partial charge in [-0.15, -0.1) is 0 Å². The predicted octanol–water partition coefficient (Wildman–Crippen LogP) is 0.983. The summed E-state index contributed by atoms with van der Waals surface area (Å²) in [6.45, 7) is 3.66. The number of aliphatic hydroxyl groups is 2. The third-order valence-electron chi connectivity index (χ3n) is 3.50. The third kappa shape index (κ3) is 1.95. The minimum absolute atomic E-state index is 0.405. The molecule has 6 nitrogen and oxygen atoms in total. The van der Waals surface area contributed by atoms with Gasteiger partial charge < -0.3 is 19.5 Å². The van der Waals surface area contributed by atoms with Gasteiger partial charge in [0.05, 0.1) is 17.2 Å². The van der Waals surface area contributed by atoms with E-state index in [0.717, 1.165) is 14.7 Å². The van der Waals surface area contributed by atoms with Crippen LogP contribution in [0.15, 0.2) is 12.5 Å². The summed E-state index contributed by atoms with van der Waals surface area (Å²) in [7, 11) is 0. The van der Waals surface area contributed by atoms with Crippen LogP contribution in [0.1, 0.15) is 18.8 Å². The minimum atomic E-state index is -0.961. The van der Waals surface area contributed by atoms with Crippen molar-refractivity contribution >= 4 is 33.6 Å². The number of aliphatic hydroxyl groups excluding tert-OH is 2. The van der Waals surface area contributed by atoms with Crippen LogP contribution in [0.25, 0.3) is 11.0 Å². The van der Waals surface area contributed by atoms with E-state index in [9.17, 15) is 10.2 Å². The van der Waals surface area contributed by atoms with Crippen molar-refractivity contribution in [3.8, 4) is 0 Å². The number of halogens is 1. The maximum absolute atomic E-state index is 10.1. The Morgan fingerprint density at radius 2 is 2.05 bits per heavy atom. The molecule has 4 atom stereocenters. The lowest BCUT2D eigenvalue weighted by atomic mass is 10.1. The summed E-state index contributed by atoms with van der Waals surface area (Å²) in [5, 5.41) is 20.8. The molecule has 0 saturated carbocycles. The average Bonchev–Trinajstić information content (AvgIpc) is 2.83. The number of ether oxygens (including phenoxy) is 1. The molecule has 2 aromatic heterocycles. The molecule has 0 amide bonds. The Balaban J connectivity index is 2.14. The fraction of sp³-hybridized carbons (Fsp3) is 0.500. The Bertz CT molecular complexity index is 630. The molecule has 19 heavy (non-hydrogen) atoms. The van der Waals surface area contributed by atoms with Crippen molar-refractivity contribution in [1.82, 2.24) is 14.5 Å². The maximum atomic E-state index is 10.1. The normalized spacial score (nSPS) is 31.2. The van der Waals surface area contributed by atoms with Crippen LogP contribution in [-0.2, 0) is 4.74 Å². The van der Waals surface area contributed by atoms with Gasteiger partial charge in [-0.1, -0.05) is 0 Å². The van der Waals surface area contributed by atoms with Gasteiger partial charge in [-0.25, -0.2) is 9.97 Å². The Morgan fingerprint density at radius 1 is 1.32 bits per heavy atom. The summed E-state index contributed by atoms with van der Waals surface area (Å²) in [6.07, 6.45) is 0.486. The molecule has 3 rings (SSSR count). The van der Waals surface area contributed by atoms with Crippen LogP contribution in [0.5, 0.6) is 0 Å². The average molecular weight is 375 g/mol. The molecule has 1 saturated heterocycles. The van der Waals surface area contributed by atoms with Gasteiger partial charge in [-0.05, 0) is 36.4 Å². The fourth-order valence-electron chi connectivity index (χ4n) is 2.44. The molecule has 0 aliphatic carbocycles. The molecule has 102 valence electrons. The first-order chi connectivity index (χ1) is 9.00. The summed E-state index contributed by atoms with van der Waals surface area (Å²) in [5.41, 5.74) is 1.59. The Kier molecular flexibility index (Phi) is 3.24. The highest BCUT2D eigenvalue weighted by molar-refractivity contribution is 14.1. The van der Waals surface area contributed by atoms with Crippen LogP contribution in [-0.4, -0.2) is 43.1 Å². The van der Waals surface area contributed by atoms with Crippen molar-refractivity contribution in [1.29, 1.82) is 0 Å². The standard InChI is InChI=1S/C12H14IN3O3/c1-5-8-7(13)3-16(11(8)15-4-14-5)12-10(18)9(17)6(2)19-12/h3-4,6,9-10,12,17-18H,1-2H3/t6-,9-,10-,12-/m1/s1. The van der Waals surface area contributed by atoms with E-state index < -0.39 is 24.5 Å². The van der Waals surface area contributed by atoms with Gasteiger partial charge in [0.15, 0.2) is 6.23 Å². The number of aromatic nitrogens is 3. The topological polar surface area (TPSA) is 80.4 Å². The third-order valence-corrected chi connectivity index (χ3v) is 4.32. The van der Waals surface area contributed by atoms with E-state index in [4.69, 9.17) is 4.74 Å². The van der Waals surface area contributed by atoms with E-state index in [1.807, 2.05) is 13.1 Å². The highest BCUT2D eigenvalue weighted by Crippen LogP contribution is 2.34. The van der Waals surface area contributed by atoms with Crippen molar-refractivity contribution in [3.05, 3.63) is 21.8 Å². The molecule has 7 heteroatoms. The van der Waals surface area contributed by atoms with Crippen LogP contribution >= 0.6 is 22.6 Å². The second-order valence-electron chi connectivity index (χ2n) is 4.75. The predicted molar refractivity (Wildman–Crippen MR) is 76.6 cm³/mol. The van der Waals surface area contributed by atoms with Gasteiger partial charge in [0.25, 0.3) is 0 Å². The zero-order chi connectivity index (χ0) is 13.7. The highest BCUT2D eigenvalue weighted by Gasteiger charge is 2.42. The summed E-state index contributed by atoms with van der Waals surface area (Å²) in [4.78, 5) is 8.44. The Hall–Kier alpha value is -0.770. The second-order valence-corrected chi connectivity index (χ2v) is 5.92. The van der Waals surface area contributed by atoms with E-state index in [-0.39, 0.29) is 0 Å². The molecule has 0 aromatic carbocycles. The SMILES string of the molecule is Cc1ncnc2c1c(I)cn2[C@@H]1O[C@H](C)[C@@H](O)[C@H]1O. The first-order valence-electron chi connectivity index (χ1n) is 6.00. The molecular weight excluding hydrogens is 361 g/mol. The molecule has 1 fully saturated rings. The summed E-state index contributed by atoms with van der Waals surface area (Å²) in [6, 6.07) is 0. The van der Waals surface area contributed by atoms with Gasteiger partial charge in [0.2, 0.25) is 0 Å². The summed E-state index contributed by atoms with van der Waals surface area (Å²) < 4.78 is 8.40. The quantitative estimate of drug-likeness (QED) is 0.727. The molecule has 3 heterocycles. The number of fused-ring (bicyclic) bond motifs is 1. The molecule has 0 unspecified atom stereocenters. The van der Waals surface area contributed by atoms with Gasteiger partial charge in [-0.2, -0.15) is 0 Å². The summed E-state index contributed by atoms with van der Waals surface area (Å²) in [5.74, 6) is 0. The van der Waals surface area contributed by atoms with Crippen molar-refractivity contribution in [3.63, 3.8) is 0 Å². The number of rotatable bonds is 1. The van der Waals surface area contributed by atoms with Crippen LogP contribution in [0.2, 0.25) is 0 Å². The van der Waals surface area contributed by atoms with Crippen LogP contribution in [0.3, 0.4) is 0 Å². The van der Waals surface area contributed by atoms with E-state index in [2.05, 4.69) is 32.6 Å². The first kappa shape index (κ1) is 13.2. The van der Waals surface area contributed by atoms with E-state index >= 15 is 0 Å². The van der Waals surface area contributed by atoms with Crippen molar-refractivity contribution in [2.45, 2.75) is 38.4 Å².